The van der Waals surface area contributed by atoms with E-state index in [4.69, 9.17) is 16.3 Å². The van der Waals surface area contributed by atoms with Gasteiger partial charge < -0.3 is 4.74 Å². The Morgan fingerprint density at radius 1 is 1.28 bits per heavy atom. The predicted octanol–water partition coefficient (Wildman–Crippen LogP) is 3.53. The minimum Gasteiger partial charge on any atom is -0.495 e. The molecular formula is C14H12ClNO2. The van der Waals surface area contributed by atoms with Crippen molar-refractivity contribution in [3.8, 4) is 17.0 Å². The third-order valence-electron chi connectivity index (χ3n) is 2.70. The Morgan fingerprint density at radius 3 is 2.61 bits per heavy atom. The number of carbonyl (C=O) groups excluding carboxylic acids is 1. The second-order valence-corrected chi connectivity index (χ2v) is 4.25. The van der Waals surface area contributed by atoms with Gasteiger partial charge in [0, 0.05) is 16.8 Å². The number of benzene rings is 1. The number of rotatable bonds is 3. The number of aldehydes is 1. The molecule has 0 aliphatic rings. The lowest BCUT2D eigenvalue weighted by Crippen LogP contribution is -1.93. The molecule has 0 saturated carbocycles. The highest BCUT2D eigenvalue weighted by atomic mass is 35.5. The Kier molecular flexibility index (Phi) is 3.63. The lowest BCUT2D eigenvalue weighted by molar-refractivity contribution is 0.112. The van der Waals surface area contributed by atoms with Gasteiger partial charge in [0.2, 0.25) is 0 Å². The van der Waals surface area contributed by atoms with Crippen LogP contribution in [-0.4, -0.2) is 18.4 Å². The molecule has 92 valence electrons. The molecule has 1 heterocycles. The van der Waals surface area contributed by atoms with E-state index in [0.717, 1.165) is 17.5 Å². The quantitative estimate of drug-likeness (QED) is 0.794. The van der Waals surface area contributed by atoms with Crippen molar-refractivity contribution in [2.75, 3.05) is 7.11 Å². The van der Waals surface area contributed by atoms with Gasteiger partial charge in [-0.05, 0) is 37.3 Å². The molecule has 0 aliphatic carbocycles. The summed E-state index contributed by atoms with van der Waals surface area (Å²) in [7, 11) is 1.57. The van der Waals surface area contributed by atoms with E-state index in [1.165, 1.54) is 0 Å². The molecular weight excluding hydrogens is 250 g/mol. The summed E-state index contributed by atoms with van der Waals surface area (Å²) in [6.45, 7) is 1.80. The maximum Gasteiger partial charge on any atom is 0.151 e. The summed E-state index contributed by atoms with van der Waals surface area (Å²) >= 11 is 6.07. The molecule has 0 N–H and O–H groups in total. The fraction of sp³-hybridized carbons (Fsp3) is 0.143. The molecule has 18 heavy (non-hydrogen) atoms. The van der Waals surface area contributed by atoms with Crippen LogP contribution >= 0.6 is 11.6 Å². The van der Waals surface area contributed by atoms with Gasteiger partial charge in [-0.1, -0.05) is 11.6 Å². The molecule has 0 spiro atoms. The maximum atomic E-state index is 10.7. The number of hydrogen-bond acceptors (Lipinski definition) is 3. The Balaban J connectivity index is 2.45. The van der Waals surface area contributed by atoms with E-state index >= 15 is 0 Å². The first-order chi connectivity index (χ1) is 8.65. The zero-order valence-corrected chi connectivity index (χ0v) is 10.9. The summed E-state index contributed by atoms with van der Waals surface area (Å²) < 4.78 is 5.10. The van der Waals surface area contributed by atoms with E-state index in [-0.39, 0.29) is 0 Å². The lowest BCUT2D eigenvalue weighted by Gasteiger charge is -2.07. The Labute approximate surface area is 110 Å². The van der Waals surface area contributed by atoms with Crippen molar-refractivity contribution < 1.29 is 9.53 Å². The number of carbonyl (C=O) groups is 1. The van der Waals surface area contributed by atoms with Crippen LogP contribution < -0.4 is 4.74 Å². The second kappa shape index (κ2) is 5.19. The van der Waals surface area contributed by atoms with Crippen molar-refractivity contribution in [3.05, 3.63) is 46.6 Å². The minimum absolute atomic E-state index is 0.536. The molecule has 0 aliphatic heterocycles. The number of ether oxygens (including phenoxy) is 1. The number of pyridine rings is 1. The highest BCUT2D eigenvalue weighted by Gasteiger charge is 2.06. The number of methoxy groups -OCH3 is 1. The molecule has 2 aromatic rings. The van der Waals surface area contributed by atoms with Crippen LogP contribution in [0.15, 0.2) is 30.3 Å². The van der Waals surface area contributed by atoms with E-state index in [9.17, 15) is 4.79 Å². The van der Waals surface area contributed by atoms with Gasteiger partial charge in [-0.15, -0.1) is 0 Å². The van der Waals surface area contributed by atoms with Crippen molar-refractivity contribution in [1.82, 2.24) is 4.98 Å². The van der Waals surface area contributed by atoms with Gasteiger partial charge in [-0.25, -0.2) is 0 Å². The van der Waals surface area contributed by atoms with Crippen LogP contribution in [0.3, 0.4) is 0 Å². The van der Waals surface area contributed by atoms with Gasteiger partial charge in [0.15, 0.2) is 6.29 Å². The van der Waals surface area contributed by atoms with Gasteiger partial charge in [-0.3, -0.25) is 9.78 Å². The second-order valence-electron chi connectivity index (χ2n) is 3.84. The van der Waals surface area contributed by atoms with Crippen LogP contribution in [-0.2, 0) is 0 Å². The molecule has 0 fully saturated rings. The molecule has 4 heteroatoms. The number of hydrogen-bond donors (Lipinski definition) is 0. The molecule has 0 radical (unpaired) electrons. The summed E-state index contributed by atoms with van der Waals surface area (Å²) in [6.07, 6.45) is 0.799. The summed E-state index contributed by atoms with van der Waals surface area (Å²) in [5.41, 5.74) is 2.97. The Morgan fingerprint density at radius 2 is 2.06 bits per heavy atom. The predicted molar refractivity (Wildman–Crippen MR) is 71.4 cm³/mol. The summed E-state index contributed by atoms with van der Waals surface area (Å²) in [5.74, 6) is 0.627. The lowest BCUT2D eigenvalue weighted by atomic mass is 10.1. The first-order valence-corrected chi connectivity index (χ1v) is 5.80. The molecule has 2 rings (SSSR count). The standard InChI is InChI=1S/C14H12ClNO2/c1-9-11(8-17)3-5-13(16-9)10-4-6-14(18-2)12(15)7-10/h3-8H,1-2H3. The fourth-order valence-electron chi connectivity index (χ4n) is 1.68. The van der Waals surface area contributed by atoms with E-state index < -0.39 is 0 Å². The van der Waals surface area contributed by atoms with E-state index in [1.807, 2.05) is 6.07 Å². The van der Waals surface area contributed by atoms with Gasteiger partial charge >= 0.3 is 0 Å². The molecule has 3 nitrogen and oxygen atoms in total. The average Bonchev–Trinajstić information content (AvgIpc) is 2.38. The molecule has 1 aromatic carbocycles. The van der Waals surface area contributed by atoms with Crippen molar-refractivity contribution in [3.63, 3.8) is 0 Å². The summed E-state index contributed by atoms with van der Waals surface area (Å²) in [6, 6.07) is 9.02. The third-order valence-corrected chi connectivity index (χ3v) is 3.00. The normalized spacial score (nSPS) is 10.2. The number of nitrogens with zero attached hydrogens (tertiary/aromatic N) is 1. The van der Waals surface area contributed by atoms with E-state index in [0.29, 0.717) is 22.0 Å². The Bertz CT molecular complexity index is 596. The van der Waals surface area contributed by atoms with Crippen molar-refractivity contribution in [1.29, 1.82) is 0 Å². The summed E-state index contributed by atoms with van der Waals surface area (Å²) in [5, 5.41) is 0.536. The Hall–Kier alpha value is -1.87. The zero-order valence-electron chi connectivity index (χ0n) is 10.1. The van der Waals surface area contributed by atoms with Crippen LogP contribution in [0.5, 0.6) is 5.75 Å². The van der Waals surface area contributed by atoms with Gasteiger partial charge in [0.05, 0.1) is 17.8 Å². The van der Waals surface area contributed by atoms with E-state index in [2.05, 4.69) is 4.98 Å². The molecule has 0 saturated heterocycles. The molecule has 0 unspecified atom stereocenters. The van der Waals surface area contributed by atoms with Crippen molar-refractivity contribution in [2.45, 2.75) is 6.92 Å². The van der Waals surface area contributed by atoms with Crippen molar-refractivity contribution >= 4 is 17.9 Å². The SMILES string of the molecule is COc1ccc(-c2ccc(C=O)c(C)n2)cc1Cl. The summed E-state index contributed by atoms with van der Waals surface area (Å²) in [4.78, 5) is 15.1. The average molecular weight is 262 g/mol. The topological polar surface area (TPSA) is 39.2 Å². The van der Waals surface area contributed by atoms with Gasteiger partial charge in [0.1, 0.15) is 5.75 Å². The molecule has 0 atom stereocenters. The number of aromatic nitrogens is 1. The molecule has 0 bridgehead atoms. The number of aryl methyl sites for hydroxylation is 1. The zero-order chi connectivity index (χ0) is 13.1. The number of halogens is 1. The minimum atomic E-state index is 0.536. The smallest absolute Gasteiger partial charge is 0.151 e. The van der Waals surface area contributed by atoms with Crippen LogP contribution in [0.25, 0.3) is 11.3 Å². The van der Waals surface area contributed by atoms with Crippen LogP contribution in [0.2, 0.25) is 5.02 Å². The largest absolute Gasteiger partial charge is 0.495 e. The van der Waals surface area contributed by atoms with Gasteiger partial charge in [-0.2, -0.15) is 0 Å². The van der Waals surface area contributed by atoms with Crippen LogP contribution in [0.4, 0.5) is 0 Å². The third kappa shape index (κ3) is 2.36. The highest BCUT2D eigenvalue weighted by molar-refractivity contribution is 6.32. The van der Waals surface area contributed by atoms with Crippen molar-refractivity contribution in [2.24, 2.45) is 0 Å². The van der Waals surface area contributed by atoms with Crippen LogP contribution in [0.1, 0.15) is 16.1 Å². The van der Waals surface area contributed by atoms with E-state index in [1.54, 1.807) is 38.3 Å². The highest BCUT2D eigenvalue weighted by Crippen LogP contribution is 2.29. The first-order valence-electron chi connectivity index (χ1n) is 5.42. The molecule has 1 aromatic heterocycles. The maximum absolute atomic E-state index is 10.7. The monoisotopic (exact) mass is 261 g/mol. The van der Waals surface area contributed by atoms with Crippen LogP contribution in [0, 0.1) is 6.92 Å². The first kappa shape index (κ1) is 12.6. The van der Waals surface area contributed by atoms with Gasteiger partial charge in [0.25, 0.3) is 0 Å². The fourth-order valence-corrected chi connectivity index (χ4v) is 1.94. The molecule has 0 amide bonds.